The van der Waals surface area contributed by atoms with Crippen molar-refractivity contribution in [2.45, 2.75) is 0 Å². The number of rotatable bonds is 1. The Kier molecular flexibility index (Phi) is 8.34. The van der Waals surface area contributed by atoms with E-state index in [0.29, 0.717) is 0 Å². The average Bonchev–Trinajstić information content (AvgIpc) is 1.90. The zero-order valence-electron chi connectivity index (χ0n) is 6.08. The van der Waals surface area contributed by atoms with Gasteiger partial charge in [0.05, 0.1) is 0 Å². The molecule has 0 saturated carbocycles. The van der Waals surface area contributed by atoms with Crippen LogP contribution in [0.15, 0.2) is 36.9 Å². The standard InChI is InChI=1S/C8H8.CH3.W/c1-2-8-6-4-3-5-7-8;;/h2-7H,1H2;1H3;/q;-1;. The first-order valence-corrected chi connectivity index (χ1v) is 2.61. The monoisotopic (exact) mass is 303 g/mol. The summed E-state index contributed by atoms with van der Waals surface area (Å²) in [5.41, 5.74) is 1.17. The number of hydrogen-bond donors (Lipinski definition) is 0. The first kappa shape index (κ1) is 12.3. The molecule has 54 valence electrons. The summed E-state index contributed by atoms with van der Waals surface area (Å²) >= 11 is 0. The van der Waals surface area contributed by atoms with Crippen molar-refractivity contribution in [3.8, 4) is 0 Å². The van der Waals surface area contributed by atoms with Crippen molar-refractivity contribution < 1.29 is 21.1 Å². The van der Waals surface area contributed by atoms with Crippen LogP contribution in [0.1, 0.15) is 5.56 Å². The van der Waals surface area contributed by atoms with Crippen LogP contribution in [0.3, 0.4) is 0 Å². The second kappa shape index (κ2) is 6.76. The Labute approximate surface area is 77.2 Å². The second-order valence-corrected chi connectivity index (χ2v) is 1.61. The van der Waals surface area contributed by atoms with Crippen LogP contribution in [-0.4, -0.2) is 0 Å². The van der Waals surface area contributed by atoms with E-state index in [1.165, 1.54) is 5.56 Å². The SMILES string of the molecule is C=Cc1ccccc1.[CH3-].[W]. The summed E-state index contributed by atoms with van der Waals surface area (Å²) in [4.78, 5) is 0. The van der Waals surface area contributed by atoms with Gasteiger partial charge in [0.15, 0.2) is 0 Å². The molecule has 1 heteroatoms. The molecule has 1 aromatic carbocycles. The Bertz CT molecular complexity index is 167. The first-order chi connectivity index (χ1) is 3.93. The molecule has 10 heavy (non-hydrogen) atoms. The Morgan fingerprint density at radius 3 is 1.90 bits per heavy atom. The third kappa shape index (κ3) is 3.63. The fourth-order valence-electron chi connectivity index (χ4n) is 0.589. The van der Waals surface area contributed by atoms with Crippen LogP contribution in [-0.2, 0) is 21.1 Å². The van der Waals surface area contributed by atoms with Gasteiger partial charge in [-0.2, -0.15) is 0 Å². The summed E-state index contributed by atoms with van der Waals surface area (Å²) in [5.74, 6) is 0. The molecule has 0 saturated heterocycles. The molecule has 0 aliphatic carbocycles. The molecule has 0 aliphatic rings. The van der Waals surface area contributed by atoms with Gasteiger partial charge in [0.1, 0.15) is 0 Å². The Morgan fingerprint density at radius 2 is 1.60 bits per heavy atom. The van der Waals surface area contributed by atoms with E-state index in [9.17, 15) is 0 Å². The molecule has 0 heterocycles. The normalized spacial score (nSPS) is 6.80. The van der Waals surface area contributed by atoms with Crippen LogP contribution >= 0.6 is 0 Å². The summed E-state index contributed by atoms with van der Waals surface area (Å²) in [6.07, 6.45) is 1.83. The molecule has 0 fully saturated rings. The van der Waals surface area contributed by atoms with E-state index in [1.54, 1.807) is 0 Å². The molecule has 1 aromatic rings. The van der Waals surface area contributed by atoms with Crippen LogP contribution in [0.4, 0.5) is 0 Å². The Balaban J connectivity index is 0. The smallest absolute Gasteiger partial charge is 0 e. The van der Waals surface area contributed by atoms with Gasteiger partial charge in [-0.25, -0.2) is 0 Å². The maximum absolute atomic E-state index is 3.63. The fourth-order valence-corrected chi connectivity index (χ4v) is 0.589. The van der Waals surface area contributed by atoms with Crippen molar-refractivity contribution in [3.63, 3.8) is 0 Å². The van der Waals surface area contributed by atoms with Gasteiger partial charge in [0.25, 0.3) is 0 Å². The molecule has 1 rings (SSSR count). The molecule has 0 aromatic heterocycles. The molecule has 0 aliphatic heterocycles. The summed E-state index contributed by atoms with van der Waals surface area (Å²) in [5, 5.41) is 0. The van der Waals surface area contributed by atoms with Gasteiger partial charge in [0, 0.05) is 21.1 Å². The van der Waals surface area contributed by atoms with Crippen molar-refractivity contribution in [1.29, 1.82) is 0 Å². The van der Waals surface area contributed by atoms with Crippen LogP contribution in [0.25, 0.3) is 6.08 Å². The van der Waals surface area contributed by atoms with Gasteiger partial charge in [-0.1, -0.05) is 43.0 Å². The third-order valence-electron chi connectivity index (χ3n) is 1.04. The number of benzene rings is 1. The van der Waals surface area contributed by atoms with Gasteiger partial charge < -0.3 is 7.43 Å². The maximum Gasteiger partial charge on any atom is 0 e. The average molecular weight is 303 g/mol. The van der Waals surface area contributed by atoms with Gasteiger partial charge >= 0.3 is 0 Å². The third-order valence-corrected chi connectivity index (χ3v) is 1.04. The molecular weight excluding hydrogens is 292 g/mol. The molecule has 0 nitrogen and oxygen atoms in total. The molecule has 0 atom stereocenters. The van der Waals surface area contributed by atoms with E-state index in [2.05, 4.69) is 6.58 Å². The quantitative estimate of drug-likeness (QED) is 0.700. The number of hydrogen-bond acceptors (Lipinski definition) is 0. The van der Waals surface area contributed by atoms with Gasteiger partial charge in [0.2, 0.25) is 0 Å². The second-order valence-electron chi connectivity index (χ2n) is 1.61. The van der Waals surface area contributed by atoms with Crippen molar-refractivity contribution in [3.05, 3.63) is 49.9 Å². The topological polar surface area (TPSA) is 0 Å². The van der Waals surface area contributed by atoms with E-state index in [0.717, 1.165) is 0 Å². The molecule has 0 unspecified atom stereocenters. The summed E-state index contributed by atoms with van der Waals surface area (Å²) in [7, 11) is 0. The first-order valence-electron chi connectivity index (χ1n) is 2.61. The molecule has 0 amide bonds. The predicted molar refractivity (Wildman–Crippen MR) is 42.9 cm³/mol. The van der Waals surface area contributed by atoms with Gasteiger partial charge in [-0.15, -0.1) is 0 Å². The zero-order chi connectivity index (χ0) is 5.82. The van der Waals surface area contributed by atoms with Crippen LogP contribution < -0.4 is 0 Å². The van der Waals surface area contributed by atoms with Crippen LogP contribution in [0.5, 0.6) is 0 Å². The van der Waals surface area contributed by atoms with E-state index in [4.69, 9.17) is 0 Å². The van der Waals surface area contributed by atoms with Crippen molar-refractivity contribution in [2.75, 3.05) is 0 Å². The van der Waals surface area contributed by atoms with Crippen LogP contribution in [0.2, 0.25) is 0 Å². The van der Waals surface area contributed by atoms with Crippen molar-refractivity contribution in [2.24, 2.45) is 0 Å². The van der Waals surface area contributed by atoms with E-state index >= 15 is 0 Å². The minimum atomic E-state index is 0. The summed E-state index contributed by atoms with van der Waals surface area (Å²) in [6, 6.07) is 10.0. The fraction of sp³-hybridized carbons (Fsp3) is 0. The van der Waals surface area contributed by atoms with Crippen LogP contribution in [0, 0.1) is 7.43 Å². The predicted octanol–water partition coefficient (Wildman–Crippen LogP) is 2.78. The molecule has 0 radical (unpaired) electrons. The van der Waals surface area contributed by atoms with Gasteiger partial charge in [-0.05, 0) is 5.56 Å². The Morgan fingerprint density at radius 1 is 1.10 bits per heavy atom. The summed E-state index contributed by atoms with van der Waals surface area (Å²) < 4.78 is 0. The molecule has 0 N–H and O–H groups in total. The Hall–Kier alpha value is -0.352. The maximum atomic E-state index is 3.63. The molecule has 0 bridgehead atoms. The van der Waals surface area contributed by atoms with E-state index < -0.39 is 0 Å². The van der Waals surface area contributed by atoms with E-state index in [-0.39, 0.29) is 28.5 Å². The zero-order valence-corrected chi connectivity index (χ0v) is 9.01. The largest absolute Gasteiger partial charge is 0.358 e. The molecule has 0 spiro atoms. The minimum Gasteiger partial charge on any atom is -0.358 e. The van der Waals surface area contributed by atoms with Crippen molar-refractivity contribution >= 4 is 6.08 Å². The van der Waals surface area contributed by atoms with E-state index in [1.807, 2.05) is 36.4 Å². The summed E-state index contributed by atoms with van der Waals surface area (Å²) in [6.45, 7) is 3.63. The van der Waals surface area contributed by atoms with Crippen molar-refractivity contribution in [1.82, 2.24) is 0 Å². The minimum absolute atomic E-state index is 0. The molecular formula is C9H11W-. The van der Waals surface area contributed by atoms with Gasteiger partial charge in [-0.3, -0.25) is 0 Å².